The molecule has 3 aromatic rings. The van der Waals surface area contributed by atoms with Crippen LogP contribution in [0.2, 0.25) is 0 Å². The van der Waals surface area contributed by atoms with E-state index in [2.05, 4.69) is 0 Å². The smallest absolute Gasteiger partial charge is 0.309 e. The van der Waals surface area contributed by atoms with E-state index >= 15 is 0 Å². The summed E-state index contributed by atoms with van der Waals surface area (Å²) in [7, 11) is -4.14. The number of rotatable bonds is 5. The lowest BCUT2D eigenvalue weighted by molar-refractivity contribution is -0.384. The van der Waals surface area contributed by atoms with Crippen molar-refractivity contribution in [3.8, 4) is 0 Å². The van der Waals surface area contributed by atoms with Crippen molar-refractivity contribution in [1.82, 2.24) is 0 Å². The lowest BCUT2D eigenvalue weighted by Gasteiger charge is -2.21. The molecule has 0 fully saturated rings. The van der Waals surface area contributed by atoms with Gasteiger partial charge in [0.2, 0.25) is 0 Å². The van der Waals surface area contributed by atoms with Crippen LogP contribution in [-0.4, -0.2) is 9.85 Å². The summed E-state index contributed by atoms with van der Waals surface area (Å²) in [5.41, 5.74) is -1.70. The summed E-state index contributed by atoms with van der Waals surface area (Å²) >= 11 is 0. The molecule has 0 aliphatic rings. The molecule has 0 aliphatic heterocycles. The highest BCUT2D eigenvalue weighted by molar-refractivity contribution is 7.85. The fourth-order valence-corrected chi connectivity index (χ4v) is 5.98. The third-order valence-electron chi connectivity index (χ3n) is 4.56. The summed E-state index contributed by atoms with van der Waals surface area (Å²) in [5, 5.41) is 22.0. The van der Waals surface area contributed by atoms with Gasteiger partial charge in [-0.2, -0.15) is 13.2 Å². The maximum atomic E-state index is 14.4. The summed E-state index contributed by atoms with van der Waals surface area (Å²) in [6.45, 7) is 1.39. The van der Waals surface area contributed by atoms with Gasteiger partial charge in [-0.1, -0.05) is 24.3 Å². The first-order chi connectivity index (χ1) is 14.4. The van der Waals surface area contributed by atoms with E-state index in [1.54, 1.807) is 0 Å². The normalized spacial score (nSPS) is 11.9. The number of nitro benzene ring substituents is 2. The van der Waals surface area contributed by atoms with Crippen molar-refractivity contribution in [3.63, 3.8) is 0 Å². The fourth-order valence-electron chi connectivity index (χ4n) is 3.16. The monoisotopic (exact) mass is 450 g/mol. The summed E-state index contributed by atoms with van der Waals surface area (Å²) in [5.74, 6) is 0. The van der Waals surface area contributed by atoms with Crippen molar-refractivity contribution < 1.29 is 27.6 Å². The van der Waals surface area contributed by atoms with Gasteiger partial charge in [-0.15, -0.1) is 0 Å². The van der Waals surface area contributed by atoms with Gasteiger partial charge in [-0.05, 0) is 30.7 Å². The van der Waals surface area contributed by atoms with E-state index in [0.29, 0.717) is 6.07 Å². The van der Waals surface area contributed by atoms with Gasteiger partial charge >= 0.3 is 6.18 Å². The molecule has 11 heteroatoms. The third-order valence-corrected chi connectivity index (χ3v) is 7.56. The molecule has 160 valence electrons. The first-order valence-electron chi connectivity index (χ1n) is 8.72. The minimum Gasteiger partial charge on any atom is -0.309 e. The molecule has 0 heterocycles. The molecule has 3 rings (SSSR count). The zero-order chi connectivity index (χ0) is 23.0. The molecule has 0 aliphatic carbocycles. The first kappa shape index (κ1) is 22.2. The van der Waals surface area contributed by atoms with E-state index in [-0.39, 0.29) is 21.5 Å². The van der Waals surface area contributed by atoms with Gasteiger partial charge in [-0.25, -0.2) is 0 Å². The zero-order valence-electron chi connectivity index (χ0n) is 15.9. The van der Waals surface area contributed by atoms with Crippen molar-refractivity contribution >= 4 is 34.4 Å². The number of aryl methyl sites for hydroxylation is 1. The third kappa shape index (κ3) is 4.34. The molecule has 31 heavy (non-hydrogen) atoms. The van der Waals surface area contributed by atoms with Crippen LogP contribution in [0.1, 0.15) is 11.1 Å². The predicted octanol–water partition coefficient (Wildman–Crippen LogP) is 4.47. The second kappa shape index (κ2) is 7.96. The molecule has 0 saturated heterocycles. The molecule has 0 spiro atoms. The van der Waals surface area contributed by atoms with Crippen LogP contribution in [0.15, 0.2) is 66.7 Å². The highest BCUT2D eigenvalue weighted by atomic mass is 31.2. The van der Waals surface area contributed by atoms with Crippen LogP contribution in [0.5, 0.6) is 0 Å². The van der Waals surface area contributed by atoms with Crippen molar-refractivity contribution in [1.29, 1.82) is 0 Å². The van der Waals surface area contributed by atoms with Gasteiger partial charge < -0.3 is 4.57 Å². The largest absolute Gasteiger partial charge is 0.416 e. The Morgan fingerprint density at radius 1 is 0.774 bits per heavy atom. The van der Waals surface area contributed by atoms with Crippen molar-refractivity contribution in [3.05, 3.63) is 98.1 Å². The molecule has 0 aromatic heterocycles. The molecule has 0 amide bonds. The van der Waals surface area contributed by atoms with Gasteiger partial charge in [0, 0.05) is 40.2 Å². The second-order valence-electron chi connectivity index (χ2n) is 6.72. The molecule has 0 atom stereocenters. The summed E-state index contributed by atoms with van der Waals surface area (Å²) < 4.78 is 54.6. The van der Waals surface area contributed by atoms with Crippen molar-refractivity contribution in [2.75, 3.05) is 0 Å². The molecule has 0 N–H and O–H groups in total. The lowest BCUT2D eigenvalue weighted by Crippen LogP contribution is -2.27. The van der Waals surface area contributed by atoms with Crippen LogP contribution in [0, 0.1) is 27.2 Å². The summed E-state index contributed by atoms with van der Waals surface area (Å²) in [4.78, 5) is 21.0. The van der Waals surface area contributed by atoms with E-state index in [1.807, 2.05) is 0 Å². The van der Waals surface area contributed by atoms with Crippen LogP contribution < -0.4 is 15.9 Å². The average Bonchev–Trinajstić information content (AvgIpc) is 2.72. The first-order valence-corrected chi connectivity index (χ1v) is 10.4. The molecule has 0 saturated carbocycles. The Hall–Kier alpha value is -3.52. The molecule has 0 bridgehead atoms. The Labute approximate surface area is 173 Å². The molecule has 3 aromatic carbocycles. The van der Waals surface area contributed by atoms with Crippen LogP contribution in [0.3, 0.4) is 0 Å². The van der Waals surface area contributed by atoms with E-state index in [9.17, 15) is 38.0 Å². The minimum atomic E-state index is -4.73. The standard InChI is InChI=1S/C20H14F3N2O5P/c1-13-8-14(20(21,22)23)10-19(9-13)31(30,17-6-2-4-15(11-17)24(26)27)18-7-3-5-16(12-18)25(28)29/h2-12H,1H3. The molecular weight excluding hydrogens is 436 g/mol. The minimum absolute atomic E-state index is 0.110. The topological polar surface area (TPSA) is 103 Å². The van der Waals surface area contributed by atoms with Gasteiger partial charge in [-0.3, -0.25) is 20.2 Å². The Morgan fingerprint density at radius 3 is 1.68 bits per heavy atom. The number of halogens is 3. The quantitative estimate of drug-likeness (QED) is 0.324. The number of non-ortho nitro benzene ring substituents is 2. The zero-order valence-corrected chi connectivity index (χ0v) is 16.8. The molecular formula is C20H14F3N2O5P. The Bertz CT molecular complexity index is 1180. The maximum Gasteiger partial charge on any atom is 0.416 e. The van der Waals surface area contributed by atoms with Gasteiger partial charge in [0.25, 0.3) is 11.4 Å². The summed E-state index contributed by atoms with van der Waals surface area (Å²) in [6, 6.07) is 12.3. The number of hydrogen-bond acceptors (Lipinski definition) is 5. The van der Waals surface area contributed by atoms with Crippen LogP contribution in [0.4, 0.5) is 24.5 Å². The van der Waals surface area contributed by atoms with E-state index in [1.165, 1.54) is 37.3 Å². The predicted molar refractivity (Wildman–Crippen MR) is 109 cm³/mol. The number of alkyl halides is 3. The second-order valence-corrected chi connectivity index (χ2v) is 9.49. The highest BCUT2D eigenvalue weighted by Gasteiger charge is 2.36. The van der Waals surface area contributed by atoms with Gasteiger partial charge in [0.15, 0.2) is 7.14 Å². The van der Waals surface area contributed by atoms with E-state index < -0.39 is 40.1 Å². The Morgan fingerprint density at radius 2 is 1.26 bits per heavy atom. The van der Waals surface area contributed by atoms with Crippen LogP contribution in [0.25, 0.3) is 0 Å². The molecule has 0 unspecified atom stereocenters. The van der Waals surface area contributed by atoms with E-state index in [4.69, 9.17) is 0 Å². The van der Waals surface area contributed by atoms with E-state index in [0.717, 1.165) is 30.3 Å². The lowest BCUT2D eigenvalue weighted by atomic mass is 10.1. The maximum absolute atomic E-state index is 14.4. The molecule has 7 nitrogen and oxygen atoms in total. The van der Waals surface area contributed by atoms with Crippen LogP contribution in [-0.2, 0) is 10.7 Å². The van der Waals surface area contributed by atoms with Crippen molar-refractivity contribution in [2.45, 2.75) is 13.1 Å². The number of benzene rings is 3. The highest BCUT2D eigenvalue weighted by Crippen LogP contribution is 2.45. The number of hydrogen-bond donors (Lipinski definition) is 0. The Balaban J connectivity index is 2.39. The number of nitro groups is 2. The van der Waals surface area contributed by atoms with Gasteiger partial charge in [0.05, 0.1) is 15.4 Å². The Kier molecular flexibility index (Phi) is 5.69. The fraction of sp³-hybridized carbons (Fsp3) is 0.100. The van der Waals surface area contributed by atoms with Crippen LogP contribution >= 0.6 is 7.14 Å². The average molecular weight is 450 g/mol. The van der Waals surface area contributed by atoms with Gasteiger partial charge in [0.1, 0.15) is 0 Å². The van der Waals surface area contributed by atoms with Crippen molar-refractivity contribution in [2.24, 2.45) is 0 Å². The number of nitrogens with zero attached hydrogens (tertiary/aromatic N) is 2. The SMILES string of the molecule is Cc1cc(C(F)(F)F)cc(P(=O)(c2cccc([N+](=O)[O-])c2)c2cccc([N+](=O)[O-])c2)c1. The summed E-state index contributed by atoms with van der Waals surface area (Å²) in [6.07, 6.45) is -4.73. The molecule has 0 radical (unpaired) electrons.